The number of hydrogen-bond acceptors (Lipinski definition) is 4. The molecule has 0 fully saturated rings. The molecule has 6 heteroatoms. The summed E-state index contributed by atoms with van der Waals surface area (Å²) in [6.07, 6.45) is 0.364. The fourth-order valence-corrected chi connectivity index (χ4v) is 11.0. The third-order valence-corrected chi connectivity index (χ3v) is 13.2. The minimum absolute atomic E-state index is 0.280. The Bertz CT molecular complexity index is 938. The summed E-state index contributed by atoms with van der Waals surface area (Å²) in [6, 6.07) is 36.4. The number of hydrogen-bond donors (Lipinski definition) is 0. The van der Waals surface area contributed by atoms with E-state index in [9.17, 15) is 0 Å². The summed E-state index contributed by atoms with van der Waals surface area (Å²) >= 11 is 0. The molecule has 3 aromatic rings. The lowest BCUT2D eigenvalue weighted by Crippen LogP contribution is -2.67. The van der Waals surface area contributed by atoms with E-state index in [1.165, 1.54) is 15.6 Å². The molecule has 0 N–H and O–H groups in total. The lowest BCUT2D eigenvalue weighted by atomic mass is 10.3. The van der Waals surface area contributed by atoms with Crippen LogP contribution in [0.1, 0.15) is 34.1 Å². The molecule has 0 aliphatic rings. The van der Waals surface area contributed by atoms with Gasteiger partial charge in [-0.1, -0.05) is 91.0 Å². The fraction of sp³-hybridized carbons (Fsp3) is 0.345. The molecule has 0 aliphatic heterocycles. The van der Waals surface area contributed by atoms with Crippen LogP contribution in [0.5, 0.6) is 0 Å². The van der Waals surface area contributed by atoms with Crippen molar-refractivity contribution in [2.75, 3.05) is 13.2 Å². The van der Waals surface area contributed by atoms with Crippen molar-refractivity contribution in [1.29, 1.82) is 5.26 Å². The van der Waals surface area contributed by atoms with E-state index in [1.54, 1.807) is 0 Å². The lowest BCUT2D eigenvalue weighted by Gasteiger charge is -2.37. The van der Waals surface area contributed by atoms with Gasteiger partial charge in [0.05, 0.1) is 25.7 Å². The highest BCUT2D eigenvalue weighted by Crippen LogP contribution is 2.46. The minimum atomic E-state index is -2.36. The molecule has 0 spiro atoms. The summed E-state index contributed by atoms with van der Waals surface area (Å²) in [4.78, 5) is 0. The van der Waals surface area contributed by atoms with Crippen LogP contribution < -0.4 is 15.6 Å². The summed E-state index contributed by atoms with van der Waals surface area (Å²) < 4.78 is 15.0. The van der Waals surface area contributed by atoms with Gasteiger partial charge in [-0.2, -0.15) is 5.26 Å². The molecule has 184 valence electrons. The molecule has 3 aromatic carbocycles. The summed E-state index contributed by atoms with van der Waals surface area (Å²) in [5.74, 6) is 0. The van der Waals surface area contributed by atoms with E-state index < -0.39 is 16.6 Å². The highest BCUT2D eigenvalue weighted by Gasteiger charge is 2.39. The van der Waals surface area contributed by atoms with Crippen LogP contribution in [0.2, 0.25) is 6.04 Å². The first-order chi connectivity index (χ1) is 17.0. The first-order valence-electron chi connectivity index (χ1n) is 12.4. The predicted molar refractivity (Wildman–Crippen MR) is 150 cm³/mol. The van der Waals surface area contributed by atoms with E-state index in [0.29, 0.717) is 19.6 Å². The Hall–Kier alpha value is -2.32. The zero-order valence-electron chi connectivity index (χ0n) is 21.3. The van der Waals surface area contributed by atoms with Crippen molar-refractivity contribution in [2.24, 2.45) is 0 Å². The topological polar surface area (TPSA) is 45.5 Å². The average Bonchev–Trinajstić information content (AvgIpc) is 2.88. The quantitative estimate of drug-likeness (QED) is 0.134. The molecular formula is C29H37N2O2PSi. The molecule has 0 radical (unpaired) electrons. The van der Waals surface area contributed by atoms with Crippen LogP contribution in [0.4, 0.5) is 0 Å². The normalized spacial score (nSPS) is 12.7. The Labute approximate surface area is 213 Å². The van der Waals surface area contributed by atoms with E-state index in [0.717, 1.165) is 6.04 Å². The van der Waals surface area contributed by atoms with Gasteiger partial charge in [0.15, 0.2) is 8.07 Å². The maximum atomic E-state index is 9.03. The summed E-state index contributed by atoms with van der Waals surface area (Å²) in [5, 5.41) is 13.2. The third kappa shape index (κ3) is 6.88. The van der Waals surface area contributed by atoms with E-state index in [2.05, 4.69) is 129 Å². The van der Waals surface area contributed by atoms with Crippen LogP contribution in [-0.2, 0) is 9.05 Å². The van der Waals surface area contributed by atoms with Crippen molar-refractivity contribution >= 4 is 32.2 Å². The Balaban J connectivity index is 1.98. The number of nitrogens with zero attached hydrogens (tertiary/aromatic N) is 2. The van der Waals surface area contributed by atoms with Gasteiger partial charge in [-0.05, 0) is 49.3 Å². The zero-order chi connectivity index (χ0) is 25.1. The van der Waals surface area contributed by atoms with Crippen molar-refractivity contribution in [2.45, 2.75) is 52.2 Å². The summed E-state index contributed by atoms with van der Waals surface area (Å²) in [6.45, 7) is 9.65. The van der Waals surface area contributed by atoms with E-state index in [1.807, 2.05) is 0 Å². The maximum absolute atomic E-state index is 9.03. The molecule has 0 heterocycles. The zero-order valence-corrected chi connectivity index (χ0v) is 23.2. The second-order valence-electron chi connectivity index (χ2n) is 9.13. The highest BCUT2D eigenvalue weighted by atomic mass is 31.2. The van der Waals surface area contributed by atoms with E-state index >= 15 is 0 Å². The first kappa shape index (κ1) is 27.3. The van der Waals surface area contributed by atoms with Crippen LogP contribution in [-0.4, -0.2) is 38.0 Å². The monoisotopic (exact) mass is 504 g/mol. The largest absolute Gasteiger partial charge is 0.322 e. The molecule has 1 atom stereocenters. The van der Waals surface area contributed by atoms with Gasteiger partial charge in [-0.3, -0.25) is 0 Å². The molecule has 0 aromatic heterocycles. The molecule has 0 bridgehead atoms. The second kappa shape index (κ2) is 13.7. The smallest absolute Gasteiger partial charge is 0.259 e. The first-order valence-corrected chi connectivity index (χ1v) is 15.7. The number of rotatable bonds is 13. The molecule has 35 heavy (non-hydrogen) atoms. The van der Waals surface area contributed by atoms with Crippen molar-refractivity contribution in [1.82, 2.24) is 4.67 Å². The third-order valence-electron chi connectivity index (χ3n) is 6.14. The average molecular weight is 505 g/mol. The van der Waals surface area contributed by atoms with Crippen LogP contribution >= 0.6 is 8.53 Å². The molecule has 4 nitrogen and oxygen atoms in total. The summed E-state index contributed by atoms with van der Waals surface area (Å²) in [7, 11) is -3.63. The minimum Gasteiger partial charge on any atom is -0.322 e. The van der Waals surface area contributed by atoms with Gasteiger partial charge in [0.2, 0.25) is 0 Å². The molecule has 0 saturated carbocycles. The van der Waals surface area contributed by atoms with Crippen LogP contribution in [0.3, 0.4) is 0 Å². The molecule has 1 unspecified atom stereocenters. The predicted octanol–water partition coefficient (Wildman–Crippen LogP) is 5.45. The fourth-order valence-electron chi connectivity index (χ4n) is 4.69. The maximum Gasteiger partial charge on any atom is 0.259 e. The Morgan fingerprint density at radius 2 is 1.11 bits per heavy atom. The summed E-state index contributed by atoms with van der Waals surface area (Å²) in [5.41, 5.74) is 0. The molecule has 3 rings (SSSR count). The molecule has 0 saturated heterocycles. The van der Waals surface area contributed by atoms with Gasteiger partial charge in [0.25, 0.3) is 8.53 Å². The van der Waals surface area contributed by atoms with E-state index in [-0.39, 0.29) is 12.1 Å². The van der Waals surface area contributed by atoms with Crippen LogP contribution in [0.25, 0.3) is 0 Å². The lowest BCUT2D eigenvalue weighted by molar-refractivity contribution is 0.181. The second-order valence-corrected chi connectivity index (χ2v) is 14.6. The van der Waals surface area contributed by atoms with Gasteiger partial charge in [-0.25, -0.2) is 4.67 Å². The van der Waals surface area contributed by atoms with Crippen molar-refractivity contribution in [3.8, 4) is 6.07 Å². The van der Waals surface area contributed by atoms with Crippen molar-refractivity contribution in [3.63, 3.8) is 0 Å². The Morgan fingerprint density at radius 1 is 0.714 bits per heavy atom. The number of benzene rings is 3. The molecule has 0 amide bonds. The van der Waals surface area contributed by atoms with Crippen molar-refractivity contribution < 1.29 is 9.05 Å². The van der Waals surface area contributed by atoms with Gasteiger partial charge in [0, 0.05) is 12.1 Å². The standard InChI is InChI=1S/C29H37N2O2PSi/c1-25(2)31(26(3)4)34(32-22-14-21-30)33-23-24-35(27-15-8-5-9-16-27,28-17-10-6-11-18-28)29-19-12-7-13-20-29/h5-13,15-20,25-26H,14,22-24H2,1-4H3. The van der Waals surface area contributed by atoms with Gasteiger partial charge >= 0.3 is 0 Å². The van der Waals surface area contributed by atoms with Crippen LogP contribution in [0, 0.1) is 11.3 Å². The Kier molecular flexibility index (Phi) is 10.7. The molecular weight excluding hydrogens is 467 g/mol. The van der Waals surface area contributed by atoms with E-state index in [4.69, 9.17) is 14.3 Å². The molecule has 0 aliphatic carbocycles. The Morgan fingerprint density at radius 3 is 1.49 bits per heavy atom. The SMILES string of the molecule is CC(C)N(C(C)C)P(OCCC#N)OCC[Si](c1ccccc1)(c1ccccc1)c1ccccc1. The van der Waals surface area contributed by atoms with Crippen LogP contribution in [0.15, 0.2) is 91.0 Å². The van der Waals surface area contributed by atoms with Crippen molar-refractivity contribution in [3.05, 3.63) is 91.0 Å². The van der Waals surface area contributed by atoms with Gasteiger partial charge in [-0.15, -0.1) is 0 Å². The van der Waals surface area contributed by atoms with Gasteiger partial charge < -0.3 is 9.05 Å². The van der Waals surface area contributed by atoms with Gasteiger partial charge in [0.1, 0.15) is 0 Å². The number of nitriles is 1. The highest BCUT2D eigenvalue weighted by molar-refractivity contribution is 7.44.